The minimum Gasteiger partial charge on any atom is -0.358 e. The maximum absolute atomic E-state index is 11.1. The quantitative estimate of drug-likeness (QED) is 0.587. The number of nitro groups is 1. The molecule has 6 heteroatoms. The Labute approximate surface area is 75.7 Å². The van der Waals surface area contributed by atoms with Gasteiger partial charge in [-0.15, -0.1) is 0 Å². The number of H-pyrrole nitrogens is 1. The number of aromatic amines is 1. The van der Waals surface area contributed by atoms with Crippen molar-refractivity contribution in [3.05, 3.63) is 36.7 Å². The molecule has 0 spiro atoms. The highest BCUT2D eigenvalue weighted by Crippen LogP contribution is 2.12. The van der Waals surface area contributed by atoms with E-state index in [0.29, 0.717) is 0 Å². The number of hydrogen-bond donors (Lipinski definition) is 1. The summed E-state index contributed by atoms with van der Waals surface area (Å²) in [5.74, 6) is 0. The summed E-state index contributed by atoms with van der Waals surface area (Å²) in [6, 6.07) is 0. The van der Waals surface area contributed by atoms with Crippen LogP contribution in [0.15, 0.2) is 15.5 Å². The van der Waals surface area contributed by atoms with Crippen molar-refractivity contribution in [3.8, 4) is 0 Å². The van der Waals surface area contributed by atoms with E-state index in [0.717, 1.165) is 0 Å². The van der Waals surface area contributed by atoms with Crippen molar-refractivity contribution in [1.82, 2.24) is 4.98 Å². The highest BCUT2D eigenvalue weighted by atomic mass is 79.9. The molecule has 1 rings (SSSR count). The van der Waals surface area contributed by atoms with Crippen LogP contribution in [0.4, 0.5) is 5.69 Å². The Bertz CT molecular complexity index is 385. The maximum Gasteiger partial charge on any atom is 0.336 e. The lowest BCUT2D eigenvalue weighted by atomic mass is 10.3. The molecule has 0 saturated carbocycles. The third kappa shape index (κ3) is 1.38. The van der Waals surface area contributed by atoms with Crippen LogP contribution in [0.2, 0.25) is 0 Å². The average Bonchev–Trinajstić information content (AvgIpc) is 1.97. The Morgan fingerprint density at radius 1 is 1.67 bits per heavy atom. The number of nitrogens with zero attached hydrogens (tertiary/aromatic N) is 1. The number of nitrogens with one attached hydrogen (secondary N) is 1. The topological polar surface area (TPSA) is 76.0 Å². The van der Waals surface area contributed by atoms with E-state index in [-0.39, 0.29) is 10.2 Å². The van der Waals surface area contributed by atoms with Crippen LogP contribution in [0.1, 0.15) is 5.69 Å². The van der Waals surface area contributed by atoms with E-state index in [9.17, 15) is 14.9 Å². The molecule has 0 atom stereocenters. The first-order valence-electron chi connectivity index (χ1n) is 3.06. The molecule has 1 aromatic rings. The number of hydrogen-bond acceptors (Lipinski definition) is 3. The van der Waals surface area contributed by atoms with Gasteiger partial charge in [0.1, 0.15) is 0 Å². The lowest BCUT2D eigenvalue weighted by Gasteiger charge is -1.95. The van der Waals surface area contributed by atoms with Crippen molar-refractivity contribution in [1.29, 1.82) is 0 Å². The molecule has 0 radical (unpaired) electrons. The molecule has 0 bridgehead atoms. The van der Waals surface area contributed by atoms with Gasteiger partial charge in [0.15, 0.2) is 0 Å². The van der Waals surface area contributed by atoms with Gasteiger partial charge in [-0.2, -0.15) is 0 Å². The molecule has 0 fully saturated rings. The zero-order valence-electron chi connectivity index (χ0n) is 6.13. The Balaban J connectivity index is 3.55. The first-order valence-corrected chi connectivity index (χ1v) is 3.85. The molecule has 1 aromatic heterocycles. The van der Waals surface area contributed by atoms with Gasteiger partial charge >= 0.3 is 5.69 Å². The second kappa shape index (κ2) is 3.06. The molecule has 0 aromatic carbocycles. The molecule has 0 aliphatic rings. The minimum absolute atomic E-state index is 0.166. The summed E-state index contributed by atoms with van der Waals surface area (Å²) in [6.07, 6.45) is 1.38. The molecule has 64 valence electrons. The van der Waals surface area contributed by atoms with E-state index >= 15 is 0 Å². The zero-order valence-corrected chi connectivity index (χ0v) is 7.71. The average molecular weight is 233 g/mol. The van der Waals surface area contributed by atoms with E-state index in [2.05, 4.69) is 20.9 Å². The lowest BCUT2D eigenvalue weighted by molar-refractivity contribution is -0.386. The van der Waals surface area contributed by atoms with Crippen LogP contribution in [-0.2, 0) is 0 Å². The van der Waals surface area contributed by atoms with Crippen LogP contribution in [0, 0.1) is 17.0 Å². The van der Waals surface area contributed by atoms with Gasteiger partial charge in [-0.05, 0) is 22.9 Å². The molecule has 1 N–H and O–H groups in total. The minimum atomic E-state index is -0.696. The van der Waals surface area contributed by atoms with Crippen LogP contribution in [0.3, 0.4) is 0 Å². The fourth-order valence-electron chi connectivity index (χ4n) is 0.809. The molecule has 5 nitrogen and oxygen atoms in total. The maximum atomic E-state index is 11.1. The van der Waals surface area contributed by atoms with Gasteiger partial charge in [-0.3, -0.25) is 14.9 Å². The van der Waals surface area contributed by atoms with Crippen LogP contribution in [0.5, 0.6) is 0 Å². The fourth-order valence-corrected chi connectivity index (χ4v) is 1.11. The number of halogens is 1. The lowest BCUT2D eigenvalue weighted by Crippen LogP contribution is -2.11. The summed E-state index contributed by atoms with van der Waals surface area (Å²) < 4.78 is 0.166. The Kier molecular flexibility index (Phi) is 2.27. The van der Waals surface area contributed by atoms with Gasteiger partial charge in [0.25, 0.3) is 5.43 Å². The number of rotatable bonds is 1. The van der Waals surface area contributed by atoms with Crippen molar-refractivity contribution < 1.29 is 4.92 Å². The van der Waals surface area contributed by atoms with Crippen molar-refractivity contribution in [3.63, 3.8) is 0 Å². The highest BCUT2D eigenvalue weighted by molar-refractivity contribution is 9.10. The number of pyridine rings is 1. The first-order chi connectivity index (χ1) is 5.54. The van der Waals surface area contributed by atoms with E-state index in [1.54, 1.807) is 0 Å². The third-order valence-electron chi connectivity index (χ3n) is 1.39. The monoisotopic (exact) mass is 232 g/mol. The second-order valence-corrected chi connectivity index (χ2v) is 3.05. The second-order valence-electron chi connectivity index (χ2n) is 2.20. The summed E-state index contributed by atoms with van der Waals surface area (Å²) >= 11 is 2.90. The Morgan fingerprint density at radius 2 is 2.25 bits per heavy atom. The predicted molar refractivity (Wildman–Crippen MR) is 46.2 cm³/mol. The van der Waals surface area contributed by atoms with Crippen molar-refractivity contribution in [2.75, 3.05) is 0 Å². The van der Waals surface area contributed by atoms with Crippen LogP contribution in [0.25, 0.3) is 0 Å². The standard InChI is InChI=1S/C6H5BrN2O3/c1-3-5(9(11)12)6(10)4(7)2-8-3/h2H,1H3,(H,8,10). The van der Waals surface area contributed by atoms with E-state index in [1.807, 2.05) is 0 Å². The van der Waals surface area contributed by atoms with Crippen LogP contribution in [-0.4, -0.2) is 9.91 Å². The van der Waals surface area contributed by atoms with E-state index in [1.165, 1.54) is 13.1 Å². The first kappa shape index (κ1) is 8.92. The molecular weight excluding hydrogens is 228 g/mol. The van der Waals surface area contributed by atoms with Crippen LogP contribution < -0.4 is 5.43 Å². The molecule has 12 heavy (non-hydrogen) atoms. The van der Waals surface area contributed by atoms with E-state index < -0.39 is 16.0 Å². The number of aromatic nitrogens is 1. The summed E-state index contributed by atoms with van der Waals surface area (Å²) in [6.45, 7) is 1.48. The van der Waals surface area contributed by atoms with Crippen molar-refractivity contribution >= 4 is 21.6 Å². The normalized spacial score (nSPS) is 9.83. The third-order valence-corrected chi connectivity index (χ3v) is 1.97. The van der Waals surface area contributed by atoms with Gasteiger partial charge in [0.05, 0.1) is 15.1 Å². The molecule has 0 saturated heterocycles. The fraction of sp³-hybridized carbons (Fsp3) is 0.167. The van der Waals surface area contributed by atoms with E-state index in [4.69, 9.17) is 0 Å². The summed E-state index contributed by atoms with van der Waals surface area (Å²) in [4.78, 5) is 23.4. The van der Waals surface area contributed by atoms with Crippen molar-refractivity contribution in [2.24, 2.45) is 0 Å². The molecule has 1 heterocycles. The van der Waals surface area contributed by atoms with Gasteiger partial charge in [-0.25, -0.2) is 0 Å². The Morgan fingerprint density at radius 3 is 2.67 bits per heavy atom. The molecular formula is C6H5BrN2O3. The molecule has 0 unspecified atom stereocenters. The van der Waals surface area contributed by atoms with Gasteiger partial charge in [0, 0.05) is 6.20 Å². The molecule has 0 aliphatic heterocycles. The van der Waals surface area contributed by atoms with Gasteiger partial charge in [-0.1, -0.05) is 0 Å². The SMILES string of the molecule is Cc1[nH]cc(Br)c(=O)c1[N+](=O)[O-]. The smallest absolute Gasteiger partial charge is 0.336 e. The largest absolute Gasteiger partial charge is 0.358 e. The predicted octanol–water partition coefficient (Wildman–Crippen LogP) is 1.35. The summed E-state index contributed by atoms with van der Waals surface area (Å²) in [5, 5.41) is 10.4. The zero-order chi connectivity index (χ0) is 9.30. The molecule has 0 amide bonds. The number of aryl methyl sites for hydroxylation is 1. The van der Waals surface area contributed by atoms with Crippen molar-refractivity contribution in [2.45, 2.75) is 6.92 Å². The van der Waals surface area contributed by atoms with Crippen LogP contribution >= 0.6 is 15.9 Å². The van der Waals surface area contributed by atoms with Gasteiger partial charge in [0.2, 0.25) is 0 Å². The highest BCUT2D eigenvalue weighted by Gasteiger charge is 2.17. The summed E-state index contributed by atoms with van der Waals surface area (Å²) in [7, 11) is 0. The summed E-state index contributed by atoms with van der Waals surface area (Å²) in [5.41, 5.74) is -0.756. The van der Waals surface area contributed by atoms with Gasteiger partial charge < -0.3 is 4.98 Å². The molecule has 0 aliphatic carbocycles. The Hall–Kier alpha value is -1.17.